The Hall–Kier alpha value is -1.93. The van der Waals surface area contributed by atoms with Crippen molar-refractivity contribution in [3.63, 3.8) is 0 Å². The molecule has 0 N–H and O–H groups in total. The topological polar surface area (TPSA) is 55.5 Å². The van der Waals surface area contributed by atoms with Crippen LogP contribution in [-0.2, 0) is 0 Å². The number of aliphatic imine (C=N–C) groups is 1. The molecule has 0 bridgehead atoms. The minimum Gasteiger partial charge on any atom is -0.258 e. The molecule has 0 unspecified atom stereocenters. The first-order valence-corrected chi connectivity index (χ1v) is 3.21. The summed E-state index contributed by atoms with van der Waals surface area (Å²) in [5.41, 5.74) is 0.505. The lowest BCUT2D eigenvalue weighted by molar-refractivity contribution is -0.384. The molecule has 1 aromatic rings. The Morgan fingerprint density at radius 2 is 2.33 bits per heavy atom. The zero-order chi connectivity index (χ0) is 8.97. The predicted octanol–water partition coefficient (Wildman–Crippen LogP) is 2.08. The average Bonchev–Trinajstić information content (AvgIpc) is 2.05. The van der Waals surface area contributed by atoms with Crippen LogP contribution in [0.1, 0.15) is 0 Å². The van der Waals surface area contributed by atoms with Crippen molar-refractivity contribution in [1.29, 1.82) is 0 Å². The van der Waals surface area contributed by atoms with Gasteiger partial charge in [-0.3, -0.25) is 10.1 Å². The first kappa shape index (κ1) is 8.17. The van der Waals surface area contributed by atoms with Crippen molar-refractivity contribution in [2.24, 2.45) is 4.99 Å². The minimum atomic E-state index is -0.470. The Balaban J connectivity index is 3.11. The second-order valence-electron chi connectivity index (χ2n) is 2.05. The molecule has 1 rings (SSSR count). The van der Waals surface area contributed by atoms with Crippen molar-refractivity contribution < 1.29 is 4.92 Å². The molecule has 0 spiro atoms. The molecule has 4 heteroatoms. The van der Waals surface area contributed by atoms with E-state index in [4.69, 9.17) is 0 Å². The van der Waals surface area contributed by atoms with E-state index in [0.717, 1.165) is 0 Å². The van der Waals surface area contributed by atoms with Gasteiger partial charge in [-0.2, -0.15) is 0 Å². The van der Waals surface area contributed by atoms with Gasteiger partial charge in [-0.05, 0) is 18.5 Å². The number of hydrogen-bond acceptors (Lipinski definition) is 3. The summed E-state index contributed by atoms with van der Waals surface area (Å²) in [7, 11) is 0. The molecule has 0 aliphatic carbocycles. The van der Waals surface area contributed by atoms with Crippen molar-refractivity contribution in [3.05, 3.63) is 41.0 Å². The first-order chi connectivity index (χ1) is 5.74. The van der Waals surface area contributed by atoms with Gasteiger partial charge in [0.05, 0.1) is 10.6 Å². The Morgan fingerprint density at radius 3 is 2.92 bits per heavy atom. The van der Waals surface area contributed by atoms with E-state index in [2.05, 4.69) is 17.4 Å². The largest absolute Gasteiger partial charge is 0.271 e. The fraction of sp³-hybridized carbons (Fsp3) is 0. The molecule has 1 aromatic carbocycles. The van der Waals surface area contributed by atoms with Gasteiger partial charge in [0, 0.05) is 12.1 Å². The highest BCUT2D eigenvalue weighted by Crippen LogP contribution is 2.18. The molecule has 0 aromatic heterocycles. The highest BCUT2D eigenvalue weighted by Gasteiger charge is 2.03. The summed E-state index contributed by atoms with van der Waals surface area (Å²) in [6.45, 7) is 3.27. The second kappa shape index (κ2) is 3.46. The molecular weight excluding hydrogens is 156 g/mol. The summed E-state index contributed by atoms with van der Waals surface area (Å²) in [4.78, 5) is 13.5. The Labute approximate surface area is 69.0 Å². The van der Waals surface area contributed by atoms with E-state index >= 15 is 0 Å². The summed E-state index contributed by atoms with van der Waals surface area (Å²) in [6, 6.07) is 5.97. The second-order valence-corrected chi connectivity index (χ2v) is 2.05. The number of nitrogens with zero attached hydrogens (tertiary/aromatic N) is 2. The fourth-order valence-electron chi connectivity index (χ4n) is 0.767. The van der Waals surface area contributed by atoms with Crippen molar-refractivity contribution >= 4 is 17.2 Å². The van der Waals surface area contributed by atoms with Crippen LogP contribution in [-0.4, -0.2) is 10.8 Å². The standard InChI is InChI=1S/C8H6N2O2/c1-2-9-7-4-3-5-8(6-7)10(11)12/h3-6H,1H2. The normalized spacial score (nSPS) is 8.67. The van der Waals surface area contributed by atoms with Gasteiger partial charge in [0.1, 0.15) is 0 Å². The lowest BCUT2D eigenvalue weighted by Crippen LogP contribution is -1.85. The van der Waals surface area contributed by atoms with Crippen LogP contribution in [0.2, 0.25) is 0 Å². The molecule has 60 valence electrons. The molecule has 12 heavy (non-hydrogen) atoms. The molecule has 0 saturated carbocycles. The van der Waals surface area contributed by atoms with Crippen LogP contribution in [0.15, 0.2) is 35.8 Å². The maximum absolute atomic E-state index is 10.3. The third kappa shape index (κ3) is 1.78. The molecule has 0 atom stereocenters. The molecule has 0 aliphatic rings. The van der Waals surface area contributed by atoms with Crippen molar-refractivity contribution in [2.45, 2.75) is 0 Å². The van der Waals surface area contributed by atoms with E-state index in [0.29, 0.717) is 5.69 Å². The van der Waals surface area contributed by atoms with Gasteiger partial charge < -0.3 is 0 Å². The molecule has 0 radical (unpaired) electrons. The molecular formula is C8H6N2O2. The Morgan fingerprint density at radius 1 is 1.58 bits per heavy atom. The van der Waals surface area contributed by atoms with Crippen LogP contribution in [0.5, 0.6) is 0 Å². The van der Waals surface area contributed by atoms with Crippen molar-refractivity contribution in [3.8, 4) is 0 Å². The van der Waals surface area contributed by atoms with Gasteiger partial charge >= 0.3 is 0 Å². The number of nitro benzene ring substituents is 1. The van der Waals surface area contributed by atoms with E-state index in [1.165, 1.54) is 12.1 Å². The van der Waals surface area contributed by atoms with Gasteiger partial charge in [0.25, 0.3) is 5.69 Å². The third-order valence-electron chi connectivity index (χ3n) is 1.25. The van der Waals surface area contributed by atoms with E-state index in [9.17, 15) is 10.1 Å². The third-order valence-corrected chi connectivity index (χ3v) is 1.25. The molecule has 0 heterocycles. The number of benzene rings is 1. The summed E-state index contributed by atoms with van der Waals surface area (Å²) in [5.74, 6) is 2.30. The van der Waals surface area contributed by atoms with E-state index in [-0.39, 0.29) is 5.69 Å². The maximum Gasteiger partial charge on any atom is 0.271 e. The predicted molar refractivity (Wildman–Crippen MR) is 45.8 cm³/mol. The molecule has 0 aliphatic heterocycles. The summed E-state index contributed by atoms with van der Waals surface area (Å²) < 4.78 is 0. The summed E-state index contributed by atoms with van der Waals surface area (Å²) in [6.07, 6.45) is 0. The Bertz CT molecular complexity index is 337. The van der Waals surface area contributed by atoms with Gasteiger partial charge in [0.2, 0.25) is 0 Å². The minimum absolute atomic E-state index is 0.0199. The molecule has 0 saturated heterocycles. The van der Waals surface area contributed by atoms with Crippen LogP contribution in [0.4, 0.5) is 11.4 Å². The van der Waals surface area contributed by atoms with Crippen LogP contribution in [0.3, 0.4) is 0 Å². The van der Waals surface area contributed by atoms with Crippen LogP contribution in [0, 0.1) is 10.1 Å². The maximum atomic E-state index is 10.3. The van der Waals surface area contributed by atoms with Crippen LogP contribution >= 0.6 is 0 Å². The van der Waals surface area contributed by atoms with Crippen LogP contribution in [0.25, 0.3) is 0 Å². The van der Waals surface area contributed by atoms with Gasteiger partial charge in [0.15, 0.2) is 0 Å². The van der Waals surface area contributed by atoms with Gasteiger partial charge in [-0.25, -0.2) is 4.99 Å². The van der Waals surface area contributed by atoms with Gasteiger partial charge in [-0.1, -0.05) is 6.07 Å². The lowest BCUT2D eigenvalue weighted by atomic mass is 10.3. The highest BCUT2D eigenvalue weighted by atomic mass is 16.6. The monoisotopic (exact) mass is 162 g/mol. The zero-order valence-electron chi connectivity index (χ0n) is 6.23. The zero-order valence-corrected chi connectivity index (χ0v) is 6.23. The van der Waals surface area contributed by atoms with E-state index in [1.54, 1.807) is 12.1 Å². The van der Waals surface area contributed by atoms with Crippen molar-refractivity contribution in [2.75, 3.05) is 0 Å². The summed E-state index contributed by atoms with van der Waals surface area (Å²) >= 11 is 0. The van der Waals surface area contributed by atoms with Crippen LogP contribution < -0.4 is 0 Å². The lowest BCUT2D eigenvalue weighted by Gasteiger charge is -1.91. The van der Waals surface area contributed by atoms with Gasteiger partial charge in [-0.15, -0.1) is 0 Å². The fourth-order valence-corrected chi connectivity index (χ4v) is 0.767. The average molecular weight is 162 g/mol. The molecule has 4 nitrogen and oxygen atoms in total. The summed E-state index contributed by atoms with van der Waals surface area (Å²) in [5, 5.41) is 10.3. The number of non-ortho nitro benzene ring substituents is 1. The molecule has 0 amide bonds. The number of nitro groups is 1. The number of hydrogen-bond donors (Lipinski definition) is 0. The first-order valence-electron chi connectivity index (χ1n) is 3.21. The highest BCUT2D eigenvalue weighted by molar-refractivity contribution is 5.57. The smallest absolute Gasteiger partial charge is 0.258 e. The molecule has 0 fully saturated rings. The SMILES string of the molecule is C=C=Nc1cccc([N+](=O)[O-])c1. The van der Waals surface area contributed by atoms with E-state index in [1.807, 2.05) is 0 Å². The van der Waals surface area contributed by atoms with E-state index < -0.39 is 4.92 Å². The van der Waals surface area contributed by atoms with Crippen molar-refractivity contribution in [1.82, 2.24) is 0 Å². The Kier molecular flexibility index (Phi) is 2.35. The number of rotatable bonds is 2. The quantitative estimate of drug-likeness (QED) is 0.379.